The lowest BCUT2D eigenvalue weighted by atomic mass is 10.0. The normalized spacial score (nSPS) is 14.2. The molecule has 0 fully saturated rings. The van der Waals surface area contributed by atoms with Gasteiger partial charge in [0.2, 0.25) is 5.43 Å². The average molecular weight is 643 g/mol. The van der Waals surface area contributed by atoms with E-state index in [0.29, 0.717) is 26.6 Å². The zero-order valence-corrected chi connectivity index (χ0v) is 23.1. The minimum Gasteiger partial charge on any atom is -0.382 e. The van der Waals surface area contributed by atoms with Gasteiger partial charge in [0.05, 0.1) is 5.69 Å². The van der Waals surface area contributed by atoms with Gasteiger partial charge in [-0.15, -0.1) is 0 Å². The molecule has 5 aromatic rings. The van der Waals surface area contributed by atoms with Crippen molar-refractivity contribution in [1.29, 1.82) is 0 Å². The van der Waals surface area contributed by atoms with Crippen LogP contribution in [-0.4, -0.2) is 15.1 Å². The SMILES string of the molecule is O=c1c2ccc(Cl)cc2cc(Br)c2cccnc12.OC1c2ccc(Cl)cc2C=C(Br)c2cccnc21. The van der Waals surface area contributed by atoms with E-state index in [1.165, 1.54) is 0 Å². The Morgan fingerprint density at radius 3 is 2.39 bits per heavy atom. The van der Waals surface area contributed by atoms with Gasteiger partial charge in [-0.25, -0.2) is 0 Å². The van der Waals surface area contributed by atoms with Gasteiger partial charge in [0.15, 0.2) is 0 Å². The summed E-state index contributed by atoms with van der Waals surface area (Å²) in [5.74, 6) is 0. The zero-order valence-electron chi connectivity index (χ0n) is 18.4. The molecule has 1 N–H and O–H groups in total. The van der Waals surface area contributed by atoms with Gasteiger partial charge < -0.3 is 5.11 Å². The third-order valence-corrected chi connectivity index (χ3v) is 7.58. The van der Waals surface area contributed by atoms with Crippen LogP contribution in [0, 0.1) is 0 Å². The van der Waals surface area contributed by atoms with Crippen molar-refractivity contribution in [3.05, 3.63) is 126 Å². The van der Waals surface area contributed by atoms with Crippen LogP contribution in [0.4, 0.5) is 0 Å². The molecule has 8 heteroatoms. The summed E-state index contributed by atoms with van der Waals surface area (Å²) in [6.07, 6.45) is 4.53. The Kier molecular flexibility index (Phi) is 7.24. The second-order valence-corrected chi connectivity index (χ2v) is 10.6. The van der Waals surface area contributed by atoms with Crippen LogP contribution < -0.4 is 5.43 Å². The number of nitrogens with zero attached hydrogens (tertiary/aromatic N) is 2. The Balaban J connectivity index is 0.000000148. The predicted molar refractivity (Wildman–Crippen MR) is 155 cm³/mol. The molecule has 0 aliphatic heterocycles. The Labute approximate surface area is 233 Å². The third-order valence-electron chi connectivity index (χ3n) is 5.80. The van der Waals surface area contributed by atoms with Gasteiger partial charge in [-0.05, 0) is 77.2 Å². The van der Waals surface area contributed by atoms with E-state index in [-0.39, 0.29) is 5.43 Å². The van der Waals surface area contributed by atoms with E-state index in [9.17, 15) is 9.90 Å². The Hall–Kier alpha value is -2.61. The van der Waals surface area contributed by atoms with Crippen molar-refractivity contribution in [3.8, 4) is 0 Å². The lowest BCUT2D eigenvalue weighted by Crippen LogP contribution is -2.04. The summed E-state index contributed by atoms with van der Waals surface area (Å²) in [5, 5.41) is 13.9. The van der Waals surface area contributed by atoms with E-state index in [1.54, 1.807) is 36.7 Å². The molecule has 0 saturated carbocycles. The number of hydrogen-bond donors (Lipinski definition) is 1. The first-order valence-corrected chi connectivity index (χ1v) is 13.1. The van der Waals surface area contributed by atoms with Gasteiger partial charge in [0.25, 0.3) is 0 Å². The van der Waals surface area contributed by atoms with E-state index in [1.807, 2.05) is 48.5 Å². The van der Waals surface area contributed by atoms with Crippen molar-refractivity contribution in [3.63, 3.8) is 0 Å². The largest absolute Gasteiger partial charge is 0.382 e. The van der Waals surface area contributed by atoms with E-state index >= 15 is 0 Å². The number of pyridine rings is 2. The maximum Gasteiger partial charge on any atom is 0.212 e. The standard InChI is InChI=1S/C14H9BrClNO.C14H7BrClNO/c2*15-12-7-8-6-9(16)3-4-10(8)14(18)13-11(12)2-1-5-17-13/h1-7,14,18H;1-7H. The molecule has 36 heavy (non-hydrogen) atoms. The molecule has 4 nitrogen and oxygen atoms in total. The molecule has 178 valence electrons. The van der Waals surface area contributed by atoms with Gasteiger partial charge in [-0.2, -0.15) is 0 Å². The van der Waals surface area contributed by atoms with E-state index in [0.717, 1.165) is 36.4 Å². The highest BCUT2D eigenvalue weighted by molar-refractivity contribution is 9.15. The molecule has 0 radical (unpaired) electrons. The summed E-state index contributed by atoms with van der Waals surface area (Å²) >= 11 is 19.0. The fourth-order valence-corrected chi connectivity index (χ4v) is 5.61. The smallest absolute Gasteiger partial charge is 0.212 e. The molecule has 1 unspecified atom stereocenters. The highest BCUT2D eigenvalue weighted by atomic mass is 79.9. The molecule has 1 atom stereocenters. The van der Waals surface area contributed by atoms with Crippen LogP contribution in [0.25, 0.3) is 32.2 Å². The monoisotopic (exact) mass is 640 g/mol. The summed E-state index contributed by atoms with van der Waals surface area (Å²) < 4.78 is 1.73. The summed E-state index contributed by atoms with van der Waals surface area (Å²) in [7, 11) is 0. The van der Waals surface area contributed by atoms with Crippen molar-refractivity contribution >= 4 is 87.3 Å². The zero-order chi connectivity index (χ0) is 25.4. The number of benzene rings is 2. The Morgan fingerprint density at radius 2 is 1.56 bits per heavy atom. The summed E-state index contributed by atoms with van der Waals surface area (Å²) in [4.78, 5) is 20.9. The van der Waals surface area contributed by atoms with Gasteiger partial charge >= 0.3 is 0 Å². The number of aliphatic hydroxyl groups is 1. The highest BCUT2D eigenvalue weighted by Crippen LogP contribution is 2.38. The van der Waals surface area contributed by atoms with Crippen molar-refractivity contribution in [1.82, 2.24) is 9.97 Å². The first kappa shape index (κ1) is 25.1. The predicted octanol–water partition coefficient (Wildman–Crippen LogP) is 8.19. The number of hydrogen-bond acceptors (Lipinski definition) is 4. The van der Waals surface area contributed by atoms with Crippen LogP contribution in [0.15, 0.2) is 88.4 Å². The number of aliphatic hydroxyl groups excluding tert-OH is 1. The number of rotatable bonds is 0. The van der Waals surface area contributed by atoms with Gasteiger partial charge in [0.1, 0.15) is 11.6 Å². The molecule has 0 saturated heterocycles. The maximum atomic E-state index is 12.4. The molecule has 0 amide bonds. The van der Waals surface area contributed by atoms with E-state index in [4.69, 9.17) is 23.2 Å². The van der Waals surface area contributed by atoms with Crippen molar-refractivity contribution in [2.75, 3.05) is 0 Å². The van der Waals surface area contributed by atoms with Crippen molar-refractivity contribution in [2.45, 2.75) is 6.10 Å². The Morgan fingerprint density at radius 1 is 0.833 bits per heavy atom. The molecule has 1 aliphatic carbocycles. The molecular weight excluding hydrogens is 627 g/mol. The molecular formula is C28H16Br2Cl2N2O2. The third kappa shape index (κ3) is 4.84. The first-order valence-electron chi connectivity index (χ1n) is 10.8. The van der Waals surface area contributed by atoms with Crippen LogP contribution in [0.5, 0.6) is 0 Å². The molecule has 6 rings (SSSR count). The fourth-order valence-electron chi connectivity index (χ4n) is 4.10. The van der Waals surface area contributed by atoms with E-state index < -0.39 is 6.10 Å². The van der Waals surface area contributed by atoms with Crippen molar-refractivity contribution in [2.24, 2.45) is 0 Å². The highest BCUT2D eigenvalue weighted by Gasteiger charge is 2.23. The molecule has 3 aromatic carbocycles. The number of fused-ring (bicyclic) bond motifs is 4. The lowest BCUT2D eigenvalue weighted by molar-refractivity contribution is 0.215. The molecule has 1 aliphatic rings. The maximum absolute atomic E-state index is 12.4. The lowest BCUT2D eigenvalue weighted by Gasteiger charge is -2.13. The van der Waals surface area contributed by atoms with E-state index in [2.05, 4.69) is 41.8 Å². The Bertz CT molecular complexity index is 1740. The fraction of sp³-hybridized carbons (Fsp3) is 0.0357. The quantitative estimate of drug-likeness (QED) is 0.185. The van der Waals surface area contributed by atoms with Crippen LogP contribution in [0.1, 0.15) is 28.5 Å². The van der Waals surface area contributed by atoms with Gasteiger partial charge in [0, 0.05) is 47.7 Å². The average Bonchev–Trinajstić information content (AvgIpc) is 3.05. The minimum atomic E-state index is -0.736. The molecule has 0 spiro atoms. The topological polar surface area (TPSA) is 63.1 Å². The number of aromatic nitrogens is 2. The minimum absolute atomic E-state index is 0.0806. The van der Waals surface area contributed by atoms with Crippen LogP contribution in [0.2, 0.25) is 10.0 Å². The number of halogens is 4. The van der Waals surface area contributed by atoms with Gasteiger partial charge in [-0.1, -0.05) is 67.2 Å². The molecule has 0 bridgehead atoms. The second-order valence-electron chi connectivity index (χ2n) is 8.06. The van der Waals surface area contributed by atoms with Crippen molar-refractivity contribution < 1.29 is 5.11 Å². The second kappa shape index (κ2) is 10.4. The van der Waals surface area contributed by atoms with Crippen LogP contribution in [-0.2, 0) is 0 Å². The first-order chi connectivity index (χ1) is 17.3. The van der Waals surface area contributed by atoms with Crippen LogP contribution >= 0.6 is 55.1 Å². The summed E-state index contributed by atoms with van der Waals surface area (Å²) in [6, 6.07) is 20.0. The van der Waals surface area contributed by atoms with Crippen LogP contribution in [0.3, 0.4) is 0 Å². The van der Waals surface area contributed by atoms with Gasteiger partial charge in [-0.3, -0.25) is 14.8 Å². The summed E-state index contributed by atoms with van der Waals surface area (Å²) in [6.45, 7) is 0. The molecule has 2 heterocycles. The summed E-state index contributed by atoms with van der Waals surface area (Å²) in [5.41, 5.74) is 3.65. The molecule has 2 aromatic heterocycles.